The van der Waals surface area contributed by atoms with Gasteiger partial charge in [-0.15, -0.1) is 0 Å². The summed E-state index contributed by atoms with van der Waals surface area (Å²) >= 11 is 0. The van der Waals surface area contributed by atoms with E-state index in [1.165, 1.54) is 19.2 Å². The number of nitrogens with one attached hydrogen (secondary N) is 2. The van der Waals surface area contributed by atoms with E-state index in [2.05, 4.69) is 20.4 Å². The Labute approximate surface area is 156 Å². The molecule has 27 heavy (non-hydrogen) atoms. The van der Waals surface area contributed by atoms with Gasteiger partial charge < -0.3 is 25.2 Å². The standard InChI is InChI=1S/C17H23N3O7/c1-17(2,3)27-16(25)19-11(15(24)26-4)6-8-13(21)20-12-7-5-10(9-18-12)14(22)23/h5,7,9,11H,6,8H2,1-4H3,(H,19,25)(H,22,23)(H,18,20,21)/t11-/m0/s1. The van der Waals surface area contributed by atoms with Crippen molar-refractivity contribution >= 4 is 29.8 Å². The molecule has 10 heteroatoms. The second-order valence-electron chi connectivity index (χ2n) is 6.55. The van der Waals surface area contributed by atoms with Crippen molar-refractivity contribution in [1.82, 2.24) is 10.3 Å². The van der Waals surface area contributed by atoms with Crippen molar-refractivity contribution in [3.05, 3.63) is 23.9 Å². The number of ether oxygens (including phenoxy) is 2. The van der Waals surface area contributed by atoms with Gasteiger partial charge in [-0.05, 0) is 39.3 Å². The van der Waals surface area contributed by atoms with Gasteiger partial charge in [0.25, 0.3) is 0 Å². The number of nitrogens with zero attached hydrogens (tertiary/aromatic N) is 1. The predicted molar refractivity (Wildman–Crippen MR) is 94.2 cm³/mol. The number of pyridine rings is 1. The number of amides is 2. The maximum Gasteiger partial charge on any atom is 0.408 e. The van der Waals surface area contributed by atoms with Crippen LogP contribution < -0.4 is 10.6 Å². The number of carbonyl (C=O) groups excluding carboxylic acids is 3. The molecule has 0 saturated heterocycles. The third-order valence-electron chi connectivity index (χ3n) is 3.11. The first-order valence-electron chi connectivity index (χ1n) is 8.08. The summed E-state index contributed by atoms with van der Waals surface area (Å²) in [5.41, 5.74) is -0.754. The number of aromatic carboxylic acids is 1. The molecule has 10 nitrogen and oxygen atoms in total. The largest absolute Gasteiger partial charge is 0.478 e. The number of rotatable bonds is 7. The van der Waals surface area contributed by atoms with Crippen molar-refractivity contribution in [2.24, 2.45) is 0 Å². The minimum atomic E-state index is -1.13. The van der Waals surface area contributed by atoms with E-state index in [-0.39, 0.29) is 24.2 Å². The molecule has 3 N–H and O–H groups in total. The van der Waals surface area contributed by atoms with E-state index >= 15 is 0 Å². The molecule has 0 unspecified atom stereocenters. The quantitative estimate of drug-likeness (QED) is 0.604. The SMILES string of the molecule is COC(=O)[C@H](CCC(=O)Nc1ccc(C(=O)O)cn1)NC(=O)OC(C)(C)C. The van der Waals surface area contributed by atoms with Crippen LogP contribution in [0.2, 0.25) is 0 Å². The Hall–Kier alpha value is -3.17. The molecule has 1 atom stereocenters. The van der Waals surface area contributed by atoms with Crippen LogP contribution in [0.15, 0.2) is 18.3 Å². The van der Waals surface area contributed by atoms with Crippen LogP contribution in [0.4, 0.5) is 10.6 Å². The summed E-state index contributed by atoms with van der Waals surface area (Å²) in [7, 11) is 1.17. The maximum atomic E-state index is 12.0. The van der Waals surface area contributed by atoms with Gasteiger partial charge in [-0.25, -0.2) is 19.4 Å². The predicted octanol–water partition coefficient (Wildman–Crippen LogP) is 1.56. The number of hydrogen-bond donors (Lipinski definition) is 3. The van der Waals surface area contributed by atoms with Crippen molar-refractivity contribution in [2.75, 3.05) is 12.4 Å². The Balaban J connectivity index is 2.61. The summed E-state index contributed by atoms with van der Waals surface area (Å²) in [6.45, 7) is 5.03. The lowest BCUT2D eigenvalue weighted by atomic mass is 10.1. The van der Waals surface area contributed by atoms with Crippen LogP contribution in [-0.4, -0.2) is 52.8 Å². The molecular formula is C17H23N3O7. The summed E-state index contributed by atoms with van der Waals surface area (Å²) in [5, 5.41) is 13.6. The van der Waals surface area contributed by atoms with Crippen LogP contribution in [0.1, 0.15) is 44.0 Å². The smallest absolute Gasteiger partial charge is 0.408 e. The highest BCUT2D eigenvalue weighted by Gasteiger charge is 2.25. The van der Waals surface area contributed by atoms with Gasteiger partial charge in [0.05, 0.1) is 12.7 Å². The highest BCUT2D eigenvalue weighted by molar-refractivity contribution is 5.91. The van der Waals surface area contributed by atoms with Crippen molar-refractivity contribution in [3.8, 4) is 0 Å². The summed E-state index contributed by atoms with van der Waals surface area (Å²) in [6.07, 6.45) is 0.173. The molecule has 0 radical (unpaired) electrons. The number of carboxylic acids is 1. The van der Waals surface area contributed by atoms with Gasteiger partial charge in [0, 0.05) is 12.6 Å². The van der Waals surface area contributed by atoms with Gasteiger partial charge in [0.15, 0.2) is 0 Å². The number of aromatic nitrogens is 1. The van der Waals surface area contributed by atoms with Crippen LogP contribution >= 0.6 is 0 Å². The third-order valence-corrected chi connectivity index (χ3v) is 3.11. The average Bonchev–Trinajstić information content (AvgIpc) is 2.56. The zero-order valence-electron chi connectivity index (χ0n) is 15.6. The van der Waals surface area contributed by atoms with E-state index in [9.17, 15) is 19.2 Å². The first-order chi connectivity index (χ1) is 12.5. The first-order valence-corrected chi connectivity index (χ1v) is 8.08. The molecule has 0 saturated carbocycles. The summed E-state index contributed by atoms with van der Waals surface area (Å²) in [6, 6.07) is 1.59. The molecule has 0 aromatic carbocycles. The fraction of sp³-hybridized carbons (Fsp3) is 0.471. The van der Waals surface area contributed by atoms with Crippen molar-refractivity contribution in [3.63, 3.8) is 0 Å². The van der Waals surface area contributed by atoms with Gasteiger partial charge in [0.2, 0.25) is 5.91 Å². The molecule has 0 spiro atoms. The van der Waals surface area contributed by atoms with Crippen LogP contribution in [-0.2, 0) is 19.1 Å². The molecule has 0 fully saturated rings. The monoisotopic (exact) mass is 381 g/mol. The van der Waals surface area contributed by atoms with E-state index in [1.807, 2.05) is 0 Å². The number of alkyl carbamates (subject to hydrolysis) is 1. The van der Waals surface area contributed by atoms with Gasteiger partial charge >= 0.3 is 18.0 Å². The number of carboxylic acid groups (broad SMARTS) is 1. The Morgan fingerprint density at radius 1 is 1.22 bits per heavy atom. The molecule has 0 aliphatic heterocycles. The van der Waals surface area contributed by atoms with E-state index in [0.717, 1.165) is 6.20 Å². The maximum absolute atomic E-state index is 12.0. The molecular weight excluding hydrogens is 358 g/mol. The zero-order chi connectivity index (χ0) is 20.6. The van der Waals surface area contributed by atoms with Crippen LogP contribution in [0, 0.1) is 0 Å². The Morgan fingerprint density at radius 3 is 2.37 bits per heavy atom. The van der Waals surface area contributed by atoms with Crippen LogP contribution in [0.5, 0.6) is 0 Å². The third kappa shape index (κ3) is 8.17. The Bertz CT molecular complexity index is 695. The van der Waals surface area contributed by atoms with Crippen LogP contribution in [0.3, 0.4) is 0 Å². The molecule has 1 heterocycles. The second kappa shape index (κ2) is 9.51. The second-order valence-corrected chi connectivity index (χ2v) is 6.55. The van der Waals surface area contributed by atoms with Gasteiger partial charge in [-0.2, -0.15) is 0 Å². The lowest BCUT2D eigenvalue weighted by Gasteiger charge is -2.22. The van der Waals surface area contributed by atoms with Crippen molar-refractivity contribution in [1.29, 1.82) is 0 Å². The fourth-order valence-electron chi connectivity index (χ4n) is 1.92. The van der Waals surface area contributed by atoms with E-state index in [0.29, 0.717) is 0 Å². The zero-order valence-corrected chi connectivity index (χ0v) is 15.6. The van der Waals surface area contributed by atoms with Gasteiger partial charge in [-0.1, -0.05) is 0 Å². The average molecular weight is 381 g/mol. The fourth-order valence-corrected chi connectivity index (χ4v) is 1.92. The minimum Gasteiger partial charge on any atom is -0.478 e. The summed E-state index contributed by atoms with van der Waals surface area (Å²) in [5.74, 6) is -2.14. The Morgan fingerprint density at radius 2 is 1.89 bits per heavy atom. The molecule has 148 valence electrons. The molecule has 0 aliphatic rings. The van der Waals surface area contributed by atoms with E-state index in [4.69, 9.17) is 9.84 Å². The summed E-state index contributed by atoms with van der Waals surface area (Å²) in [4.78, 5) is 50.2. The molecule has 2 amide bonds. The van der Waals surface area contributed by atoms with Gasteiger partial charge in [0.1, 0.15) is 17.5 Å². The number of esters is 1. The summed E-state index contributed by atoms with van der Waals surface area (Å²) < 4.78 is 9.70. The Kier molecular flexibility index (Phi) is 7.70. The molecule has 1 rings (SSSR count). The minimum absolute atomic E-state index is 0.0136. The molecule has 0 bridgehead atoms. The topological polar surface area (TPSA) is 144 Å². The molecule has 1 aromatic heterocycles. The first kappa shape index (κ1) is 21.9. The van der Waals surface area contributed by atoms with E-state index < -0.39 is 35.6 Å². The number of anilines is 1. The highest BCUT2D eigenvalue weighted by Crippen LogP contribution is 2.10. The van der Waals surface area contributed by atoms with Crippen LogP contribution in [0.25, 0.3) is 0 Å². The highest BCUT2D eigenvalue weighted by atomic mass is 16.6. The number of methoxy groups -OCH3 is 1. The number of carbonyl (C=O) groups is 4. The van der Waals surface area contributed by atoms with Crippen molar-refractivity contribution in [2.45, 2.75) is 45.3 Å². The van der Waals surface area contributed by atoms with Crippen molar-refractivity contribution < 1.29 is 33.8 Å². The molecule has 0 aliphatic carbocycles. The van der Waals surface area contributed by atoms with E-state index in [1.54, 1.807) is 20.8 Å². The lowest BCUT2D eigenvalue weighted by molar-refractivity contribution is -0.143. The lowest BCUT2D eigenvalue weighted by Crippen LogP contribution is -2.44. The van der Waals surface area contributed by atoms with Gasteiger partial charge in [-0.3, -0.25) is 4.79 Å². The normalized spacial score (nSPS) is 11.9. The number of hydrogen-bond acceptors (Lipinski definition) is 7. The molecule has 1 aromatic rings.